The molecule has 1 aromatic heterocycles. The second-order valence-corrected chi connectivity index (χ2v) is 5.66. The van der Waals surface area contributed by atoms with Crippen molar-refractivity contribution in [3.05, 3.63) is 36.7 Å². The summed E-state index contributed by atoms with van der Waals surface area (Å²) < 4.78 is 38.5. The minimum Gasteiger partial charge on any atom is -0.324 e. The number of likely N-dealkylation sites (tertiary alicyclic amines) is 1. The predicted octanol–water partition coefficient (Wildman–Crippen LogP) is 4.04. The molecule has 1 aliphatic heterocycles. The molecule has 0 bridgehead atoms. The van der Waals surface area contributed by atoms with Crippen LogP contribution in [0.1, 0.15) is 12.8 Å². The van der Waals surface area contributed by atoms with Crippen molar-refractivity contribution in [1.29, 1.82) is 0 Å². The summed E-state index contributed by atoms with van der Waals surface area (Å²) in [4.78, 5) is 17.6. The number of fused-ring (bicyclic) bond motifs is 1. The van der Waals surface area contributed by atoms with Crippen LogP contribution in [0.25, 0.3) is 10.8 Å². The Morgan fingerprint density at radius 1 is 1.30 bits per heavy atom. The number of alkyl halides is 3. The molecule has 0 unspecified atom stereocenters. The van der Waals surface area contributed by atoms with Gasteiger partial charge in [-0.2, -0.15) is 13.2 Å². The number of carbonyl (C=O) groups is 1. The van der Waals surface area contributed by atoms with Gasteiger partial charge in [0, 0.05) is 36.3 Å². The maximum atomic E-state index is 12.8. The van der Waals surface area contributed by atoms with E-state index in [2.05, 4.69) is 10.3 Å². The normalized spacial score (nSPS) is 18.9. The van der Waals surface area contributed by atoms with Gasteiger partial charge in [-0.1, -0.05) is 12.1 Å². The third-order valence-electron chi connectivity index (χ3n) is 4.09. The van der Waals surface area contributed by atoms with Crippen molar-refractivity contribution in [1.82, 2.24) is 9.88 Å². The number of nitrogens with one attached hydrogen (secondary N) is 1. The molecule has 1 saturated heterocycles. The van der Waals surface area contributed by atoms with E-state index < -0.39 is 18.1 Å². The number of hydrogen-bond acceptors (Lipinski definition) is 2. The van der Waals surface area contributed by atoms with Gasteiger partial charge in [0.1, 0.15) is 0 Å². The number of halogens is 3. The largest absolute Gasteiger partial charge is 0.393 e. The zero-order valence-corrected chi connectivity index (χ0v) is 12.3. The predicted molar refractivity (Wildman–Crippen MR) is 81.1 cm³/mol. The first-order valence-corrected chi connectivity index (χ1v) is 7.40. The Kier molecular flexibility index (Phi) is 4.11. The maximum absolute atomic E-state index is 12.8. The Hall–Kier alpha value is -2.31. The van der Waals surface area contributed by atoms with Gasteiger partial charge in [-0.15, -0.1) is 0 Å². The molecule has 1 aromatic carbocycles. The molecule has 0 radical (unpaired) electrons. The molecule has 0 saturated carbocycles. The Balaban J connectivity index is 1.76. The molecule has 2 aromatic rings. The fraction of sp³-hybridized carbons (Fsp3) is 0.375. The van der Waals surface area contributed by atoms with Gasteiger partial charge in [-0.3, -0.25) is 4.98 Å². The first-order chi connectivity index (χ1) is 10.9. The average molecular weight is 323 g/mol. The lowest BCUT2D eigenvalue weighted by Gasteiger charge is -2.33. The molecule has 7 heteroatoms. The molecular formula is C16H16F3N3O. The highest BCUT2D eigenvalue weighted by Gasteiger charge is 2.42. The van der Waals surface area contributed by atoms with Crippen LogP contribution in [0.2, 0.25) is 0 Å². The van der Waals surface area contributed by atoms with Crippen LogP contribution in [0, 0.1) is 5.92 Å². The van der Waals surface area contributed by atoms with E-state index in [0.717, 1.165) is 10.8 Å². The first kappa shape index (κ1) is 15.6. The highest BCUT2D eigenvalue weighted by Crippen LogP contribution is 2.33. The van der Waals surface area contributed by atoms with Gasteiger partial charge in [-0.25, -0.2) is 4.79 Å². The van der Waals surface area contributed by atoms with E-state index in [1.165, 1.54) is 4.90 Å². The summed E-state index contributed by atoms with van der Waals surface area (Å²) >= 11 is 0. The van der Waals surface area contributed by atoms with Crippen molar-refractivity contribution in [2.75, 3.05) is 18.4 Å². The lowest BCUT2D eigenvalue weighted by molar-refractivity contribution is -0.183. The van der Waals surface area contributed by atoms with Crippen LogP contribution in [0.15, 0.2) is 36.7 Å². The van der Waals surface area contributed by atoms with Crippen molar-refractivity contribution in [3.63, 3.8) is 0 Å². The van der Waals surface area contributed by atoms with E-state index in [4.69, 9.17) is 0 Å². The minimum absolute atomic E-state index is 0.0766. The lowest BCUT2D eigenvalue weighted by Crippen LogP contribution is -2.46. The van der Waals surface area contributed by atoms with Crippen LogP contribution in [0.5, 0.6) is 0 Å². The van der Waals surface area contributed by atoms with E-state index in [9.17, 15) is 18.0 Å². The van der Waals surface area contributed by atoms with Crippen molar-refractivity contribution in [3.8, 4) is 0 Å². The van der Waals surface area contributed by atoms with Crippen LogP contribution < -0.4 is 5.32 Å². The van der Waals surface area contributed by atoms with Crippen molar-refractivity contribution in [2.24, 2.45) is 5.92 Å². The topological polar surface area (TPSA) is 45.2 Å². The molecule has 0 spiro atoms. The number of urea groups is 1. The van der Waals surface area contributed by atoms with Crippen LogP contribution in [0.3, 0.4) is 0 Å². The third kappa shape index (κ3) is 3.38. The zero-order chi connectivity index (χ0) is 16.4. The van der Waals surface area contributed by atoms with Crippen molar-refractivity contribution >= 4 is 22.5 Å². The summed E-state index contributed by atoms with van der Waals surface area (Å²) in [5, 5.41) is 4.38. The highest BCUT2D eigenvalue weighted by atomic mass is 19.4. The number of nitrogens with zero attached hydrogens (tertiary/aromatic N) is 2. The Labute approximate surface area is 131 Å². The Morgan fingerprint density at radius 3 is 2.91 bits per heavy atom. The zero-order valence-electron chi connectivity index (χ0n) is 12.3. The van der Waals surface area contributed by atoms with Crippen LogP contribution in [-0.4, -0.2) is 35.2 Å². The highest BCUT2D eigenvalue weighted by molar-refractivity contribution is 6.01. The molecule has 122 valence electrons. The number of benzene rings is 1. The Bertz CT molecular complexity index is 712. The molecule has 0 aliphatic carbocycles. The van der Waals surface area contributed by atoms with Gasteiger partial charge < -0.3 is 10.2 Å². The number of carbonyl (C=O) groups excluding carboxylic acids is 1. The third-order valence-corrected chi connectivity index (χ3v) is 4.09. The summed E-state index contributed by atoms with van der Waals surface area (Å²) in [7, 11) is 0. The smallest absolute Gasteiger partial charge is 0.324 e. The molecule has 4 nitrogen and oxygen atoms in total. The van der Waals surface area contributed by atoms with Crippen molar-refractivity contribution in [2.45, 2.75) is 19.0 Å². The standard InChI is InChI=1S/C16H16F3N3O/c17-16(18,19)12-4-2-8-22(10-12)15(23)21-14-5-1-3-11-9-20-7-6-13(11)14/h1,3,5-7,9,12H,2,4,8,10H2,(H,21,23)/t12-/m1/s1. The van der Waals surface area contributed by atoms with E-state index in [0.29, 0.717) is 18.7 Å². The van der Waals surface area contributed by atoms with Crippen molar-refractivity contribution < 1.29 is 18.0 Å². The number of amides is 2. The number of aromatic nitrogens is 1. The number of anilines is 1. The van der Waals surface area contributed by atoms with Crippen LogP contribution in [0.4, 0.5) is 23.7 Å². The van der Waals surface area contributed by atoms with E-state index >= 15 is 0 Å². The number of pyridine rings is 1. The quantitative estimate of drug-likeness (QED) is 0.861. The molecular weight excluding hydrogens is 307 g/mol. The molecule has 1 fully saturated rings. The van der Waals surface area contributed by atoms with E-state index in [1.54, 1.807) is 30.6 Å². The summed E-state index contributed by atoms with van der Waals surface area (Å²) in [5.41, 5.74) is 0.573. The molecule has 3 rings (SSSR count). The lowest BCUT2D eigenvalue weighted by atomic mass is 9.98. The molecule has 23 heavy (non-hydrogen) atoms. The van der Waals surface area contributed by atoms with E-state index in [1.807, 2.05) is 6.07 Å². The maximum Gasteiger partial charge on any atom is 0.393 e. The van der Waals surface area contributed by atoms with Gasteiger partial charge in [0.2, 0.25) is 0 Å². The number of piperidine rings is 1. The number of hydrogen-bond donors (Lipinski definition) is 1. The summed E-state index contributed by atoms with van der Waals surface area (Å²) in [6.07, 6.45) is -0.543. The summed E-state index contributed by atoms with van der Waals surface area (Å²) in [5.74, 6) is -1.45. The SMILES string of the molecule is O=C(Nc1cccc2cnccc12)N1CCC[C@@H](C(F)(F)F)C1. The second-order valence-electron chi connectivity index (χ2n) is 5.66. The fourth-order valence-corrected chi connectivity index (χ4v) is 2.85. The second kappa shape index (κ2) is 6.06. The van der Waals surface area contributed by atoms with Gasteiger partial charge in [-0.05, 0) is 25.0 Å². The molecule has 2 heterocycles. The first-order valence-electron chi connectivity index (χ1n) is 7.40. The van der Waals surface area contributed by atoms with Gasteiger partial charge in [0.15, 0.2) is 0 Å². The molecule has 1 atom stereocenters. The number of rotatable bonds is 1. The summed E-state index contributed by atoms with van der Waals surface area (Å²) in [6.45, 7) is 0.0480. The average Bonchev–Trinajstić information content (AvgIpc) is 2.54. The van der Waals surface area contributed by atoms with E-state index in [-0.39, 0.29) is 13.0 Å². The molecule has 1 N–H and O–H groups in total. The molecule has 2 amide bonds. The Morgan fingerprint density at radius 2 is 2.13 bits per heavy atom. The summed E-state index contributed by atoms with van der Waals surface area (Å²) in [6, 6.07) is 6.63. The van der Waals surface area contributed by atoms with Gasteiger partial charge in [0.05, 0.1) is 11.6 Å². The van der Waals surface area contributed by atoms with Gasteiger partial charge >= 0.3 is 12.2 Å². The minimum atomic E-state index is -4.26. The van der Waals surface area contributed by atoms with Gasteiger partial charge in [0.25, 0.3) is 0 Å². The van der Waals surface area contributed by atoms with Crippen LogP contribution in [-0.2, 0) is 0 Å². The monoisotopic (exact) mass is 323 g/mol. The van der Waals surface area contributed by atoms with Crippen LogP contribution >= 0.6 is 0 Å². The fourth-order valence-electron chi connectivity index (χ4n) is 2.85. The molecule has 1 aliphatic rings.